The van der Waals surface area contributed by atoms with Crippen LogP contribution in [0, 0.1) is 0 Å². The van der Waals surface area contributed by atoms with Gasteiger partial charge in [0.15, 0.2) is 11.5 Å². The molecule has 9 heteroatoms. The van der Waals surface area contributed by atoms with E-state index in [-0.39, 0.29) is 17.4 Å². The minimum absolute atomic E-state index is 0.0466. The molecule has 1 N–H and O–H groups in total. The molecule has 40 heavy (non-hydrogen) atoms. The van der Waals surface area contributed by atoms with E-state index in [1.807, 2.05) is 45.0 Å². The molecule has 3 aliphatic rings. The molecule has 0 unspecified atom stereocenters. The average molecular weight is 551 g/mol. The Labute approximate surface area is 235 Å². The maximum Gasteiger partial charge on any atom is 0.295 e. The van der Waals surface area contributed by atoms with Crippen LogP contribution in [0.5, 0.6) is 17.2 Å². The van der Waals surface area contributed by atoms with Crippen molar-refractivity contribution in [2.75, 3.05) is 52.6 Å². The molecule has 0 bridgehead atoms. The fourth-order valence-electron chi connectivity index (χ4n) is 5.71. The van der Waals surface area contributed by atoms with E-state index in [2.05, 4.69) is 4.90 Å². The lowest BCUT2D eigenvalue weighted by Gasteiger charge is -2.29. The maximum atomic E-state index is 13.5. The second-order valence-corrected chi connectivity index (χ2v) is 10.3. The molecule has 0 aromatic heterocycles. The standard InChI is InChI=1S/C31H38N2O7/c1-4-38-25-10-7-21(19-26(25)39-5-2)28-27(29(34)22-8-9-24-23(18-22)17-20(3)40-24)30(35)31(36)33(28)12-6-11-32-13-15-37-16-14-32/h7-10,18-20,28,34H,4-6,11-17H2,1-3H3/t20-,28-/m1/s1. The van der Waals surface area contributed by atoms with Crippen LogP contribution in [0.15, 0.2) is 42.0 Å². The number of nitrogens with zero attached hydrogens (tertiary/aromatic N) is 2. The quantitative estimate of drug-likeness (QED) is 0.270. The first-order valence-electron chi connectivity index (χ1n) is 14.2. The van der Waals surface area contributed by atoms with Gasteiger partial charge >= 0.3 is 0 Å². The topological polar surface area (TPSA) is 97.8 Å². The average Bonchev–Trinajstić information content (AvgIpc) is 3.45. The van der Waals surface area contributed by atoms with Crippen LogP contribution in [0.1, 0.15) is 49.9 Å². The van der Waals surface area contributed by atoms with Crippen LogP contribution in [0.3, 0.4) is 0 Å². The molecule has 1 amide bonds. The number of carbonyl (C=O) groups is 2. The Balaban J connectivity index is 1.53. The number of likely N-dealkylation sites (tertiary alicyclic amines) is 1. The Morgan fingerprint density at radius 1 is 1.00 bits per heavy atom. The van der Waals surface area contributed by atoms with E-state index >= 15 is 0 Å². The lowest BCUT2D eigenvalue weighted by Crippen LogP contribution is -2.39. The van der Waals surface area contributed by atoms with Gasteiger partial charge in [-0.2, -0.15) is 0 Å². The van der Waals surface area contributed by atoms with Gasteiger partial charge in [0.05, 0.1) is 38.0 Å². The third-order valence-electron chi connectivity index (χ3n) is 7.57. The summed E-state index contributed by atoms with van der Waals surface area (Å²) >= 11 is 0. The number of Topliss-reactive ketones (excluding diaryl/α,β-unsaturated/α-hetero) is 1. The number of hydrogen-bond donors (Lipinski definition) is 1. The van der Waals surface area contributed by atoms with E-state index in [1.54, 1.807) is 17.0 Å². The van der Waals surface area contributed by atoms with Crippen LogP contribution in [-0.2, 0) is 20.7 Å². The Bertz CT molecular complexity index is 1280. The fraction of sp³-hybridized carbons (Fsp3) is 0.484. The van der Waals surface area contributed by atoms with Crippen molar-refractivity contribution in [3.63, 3.8) is 0 Å². The molecule has 0 aliphatic carbocycles. The number of amides is 1. The number of fused-ring (bicyclic) bond motifs is 1. The lowest BCUT2D eigenvalue weighted by molar-refractivity contribution is -0.140. The zero-order chi connectivity index (χ0) is 28.2. The summed E-state index contributed by atoms with van der Waals surface area (Å²) in [6.07, 6.45) is 1.45. The first-order valence-corrected chi connectivity index (χ1v) is 14.2. The first-order chi connectivity index (χ1) is 19.4. The Hall–Kier alpha value is -3.56. The SMILES string of the molecule is CCOc1ccc([C@@H]2C(=C(O)c3ccc4c(c3)C[C@@H](C)O4)C(=O)C(=O)N2CCCN2CCOCC2)cc1OCC. The van der Waals surface area contributed by atoms with Crippen LogP contribution >= 0.6 is 0 Å². The molecular weight excluding hydrogens is 512 g/mol. The van der Waals surface area contributed by atoms with E-state index in [1.165, 1.54) is 0 Å². The van der Waals surface area contributed by atoms with Gasteiger partial charge in [0.2, 0.25) is 0 Å². The molecule has 2 aromatic carbocycles. The third kappa shape index (κ3) is 5.67. The number of ketones is 1. The summed E-state index contributed by atoms with van der Waals surface area (Å²) in [6, 6.07) is 10.1. The number of carbonyl (C=O) groups excluding carboxylic acids is 2. The van der Waals surface area contributed by atoms with Gasteiger partial charge in [-0.15, -0.1) is 0 Å². The molecule has 3 heterocycles. The van der Waals surface area contributed by atoms with E-state index in [4.69, 9.17) is 18.9 Å². The van der Waals surface area contributed by atoms with E-state index < -0.39 is 17.7 Å². The Morgan fingerprint density at radius 3 is 2.50 bits per heavy atom. The van der Waals surface area contributed by atoms with Crippen molar-refractivity contribution < 1.29 is 33.6 Å². The van der Waals surface area contributed by atoms with E-state index in [0.29, 0.717) is 68.4 Å². The summed E-state index contributed by atoms with van der Waals surface area (Å²) in [4.78, 5) is 30.9. The van der Waals surface area contributed by atoms with Gasteiger partial charge in [0.25, 0.3) is 11.7 Å². The van der Waals surface area contributed by atoms with Gasteiger partial charge in [-0.05, 0) is 68.7 Å². The van der Waals surface area contributed by atoms with Crippen molar-refractivity contribution in [1.82, 2.24) is 9.80 Å². The van der Waals surface area contributed by atoms with Gasteiger partial charge in [-0.3, -0.25) is 14.5 Å². The number of ether oxygens (including phenoxy) is 4. The van der Waals surface area contributed by atoms with Crippen molar-refractivity contribution >= 4 is 17.4 Å². The van der Waals surface area contributed by atoms with Crippen LogP contribution in [0.25, 0.3) is 5.76 Å². The molecular formula is C31H38N2O7. The predicted octanol–water partition coefficient (Wildman–Crippen LogP) is 3.95. The molecule has 0 saturated carbocycles. The van der Waals surface area contributed by atoms with Crippen molar-refractivity contribution in [1.29, 1.82) is 0 Å². The monoisotopic (exact) mass is 550 g/mol. The zero-order valence-electron chi connectivity index (χ0n) is 23.5. The highest BCUT2D eigenvalue weighted by molar-refractivity contribution is 6.46. The number of aliphatic hydroxyl groups excluding tert-OH is 1. The summed E-state index contributed by atoms with van der Waals surface area (Å²) in [7, 11) is 0. The number of hydrogen-bond acceptors (Lipinski definition) is 8. The normalized spacial score (nSPS) is 22.3. The first kappa shape index (κ1) is 28.0. The molecule has 2 saturated heterocycles. The van der Waals surface area contributed by atoms with Crippen LogP contribution in [0.2, 0.25) is 0 Å². The molecule has 2 aromatic rings. The number of aliphatic hydroxyl groups is 1. The summed E-state index contributed by atoms with van der Waals surface area (Å²) in [5.74, 6) is 0.407. The number of morpholine rings is 1. The Morgan fingerprint density at radius 2 is 1.75 bits per heavy atom. The van der Waals surface area contributed by atoms with Gasteiger partial charge in [-0.25, -0.2) is 0 Å². The predicted molar refractivity (Wildman–Crippen MR) is 150 cm³/mol. The Kier molecular flexibility index (Phi) is 8.61. The fourth-order valence-corrected chi connectivity index (χ4v) is 5.71. The zero-order valence-corrected chi connectivity index (χ0v) is 23.5. The van der Waals surface area contributed by atoms with Gasteiger partial charge in [-0.1, -0.05) is 6.07 Å². The number of rotatable bonds is 10. The molecule has 214 valence electrons. The number of benzene rings is 2. The second kappa shape index (κ2) is 12.3. The highest BCUT2D eigenvalue weighted by atomic mass is 16.5. The van der Waals surface area contributed by atoms with Gasteiger partial charge in [0, 0.05) is 38.2 Å². The van der Waals surface area contributed by atoms with Crippen LogP contribution < -0.4 is 14.2 Å². The summed E-state index contributed by atoms with van der Waals surface area (Å²) in [6.45, 7) is 10.9. The van der Waals surface area contributed by atoms with Crippen molar-refractivity contribution in [3.05, 3.63) is 58.7 Å². The maximum absolute atomic E-state index is 13.5. The van der Waals surface area contributed by atoms with Crippen molar-refractivity contribution in [2.24, 2.45) is 0 Å². The van der Waals surface area contributed by atoms with Crippen molar-refractivity contribution in [2.45, 2.75) is 45.8 Å². The second-order valence-electron chi connectivity index (χ2n) is 10.3. The smallest absolute Gasteiger partial charge is 0.295 e. The molecule has 2 atom stereocenters. The van der Waals surface area contributed by atoms with Crippen LogP contribution in [-0.4, -0.2) is 85.3 Å². The third-order valence-corrected chi connectivity index (χ3v) is 7.57. The molecule has 0 radical (unpaired) electrons. The molecule has 0 spiro atoms. The molecule has 3 aliphatic heterocycles. The van der Waals surface area contributed by atoms with Gasteiger partial charge in [0.1, 0.15) is 17.6 Å². The van der Waals surface area contributed by atoms with E-state index in [0.717, 1.165) is 30.9 Å². The van der Waals surface area contributed by atoms with Crippen LogP contribution in [0.4, 0.5) is 0 Å². The molecule has 9 nitrogen and oxygen atoms in total. The summed E-state index contributed by atoms with van der Waals surface area (Å²) in [5, 5.41) is 11.6. The lowest BCUT2D eigenvalue weighted by atomic mass is 9.94. The molecule has 2 fully saturated rings. The summed E-state index contributed by atoms with van der Waals surface area (Å²) < 4.78 is 22.9. The van der Waals surface area contributed by atoms with Crippen molar-refractivity contribution in [3.8, 4) is 17.2 Å². The van der Waals surface area contributed by atoms with Gasteiger partial charge < -0.3 is 29.0 Å². The highest BCUT2D eigenvalue weighted by Gasteiger charge is 2.46. The molecule has 5 rings (SSSR count). The highest BCUT2D eigenvalue weighted by Crippen LogP contribution is 2.43. The summed E-state index contributed by atoms with van der Waals surface area (Å²) in [5.41, 5.74) is 2.21. The van der Waals surface area contributed by atoms with E-state index in [9.17, 15) is 14.7 Å². The largest absolute Gasteiger partial charge is 0.507 e. The minimum atomic E-state index is -0.761. The minimum Gasteiger partial charge on any atom is -0.507 e.